The number of rotatable bonds is 2. The minimum Gasteiger partial charge on any atom is -0.481 e. The van der Waals surface area contributed by atoms with Crippen LogP contribution in [0.2, 0.25) is 0 Å². The van der Waals surface area contributed by atoms with Crippen molar-refractivity contribution >= 4 is 29.6 Å². The van der Waals surface area contributed by atoms with Gasteiger partial charge in [0.2, 0.25) is 5.91 Å². The van der Waals surface area contributed by atoms with Crippen LogP contribution >= 0.6 is 11.8 Å². The van der Waals surface area contributed by atoms with Gasteiger partial charge in [0.1, 0.15) is 6.04 Å². The molecule has 3 atom stereocenters. The largest absolute Gasteiger partial charge is 0.481 e. The Balaban J connectivity index is 2.38. The van der Waals surface area contributed by atoms with Gasteiger partial charge in [-0.2, -0.15) is 0 Å². The summed E-state index contributed by atoms with van der Waals surface area (Å²) in [6, 6.07) is -0.950. The molecule has 1 unspecified atom stereocenters. The molecule has 6 nitrogen and oxygen atoms in total. The van der Waals surface area contributed by atoms with Gasteiger partial charge in [-0.3, -0.25) is 9.59 Å². The predicted octanol–water partition coefficient (Wildman–Crippen LogP) is 0.224. The summed E-state index contributed by atoms with van der Waals surface area (Å²) < 4.78 is -0.666. The quantitative estimate of drug-likeness (QED) is 0.737. The summed E-state index contributed by atoms with van der Waals surface area (Å²) in [5.41, 5.74) is 0. The molecule has 0 bridgehead atoms. The first-order valence-corrected chi connectivity index (χ1v) is 6.08. The van der Waals surface area contributed by atoms with E-state index in [0.717, 1.165) is 0 Å². The molecular formula is C10H13NO5S. The molecule has 0 radical (unpaired) electrons. The standard InChI is InChI=1S/C10H13NO5S/c1-10(2)6(9(15)16)11-5(12)3-4(8(13)14)7(11)17-10/h4,6-7H,3H2,1-2H3,(H,13,14)(H,15,16)/t4-,6?,7+/m0/s1. The van der Waals surface area contributed by atoms with Crippen LogP contribution in [0, 0.1) is 5.92 Å². The van der Waals surface area contributed by atoms with E-state index >= 15 is 0 Å². The highest BCUT2D eigenvalue weighted by molar-refractivity contribution is 8.01. The summed E-state index contributed by atoms with van der Waals surface area (Å²) in [6.07, 6.45) is -0.104. The maximum absolute atomic E-state index is 11.8. The van der Waals surface area contributed by atoms with Crippen molar-refractivity contribution in [1.82, 2.24) is 4.90 Å². The van der Waals surface area contributed by atoms with Crippen LogP contribution in [0.15, 0.2) is 0 Å². The molecule has 2 aliphatic heterocycles. The predicted molar refractivity (Wildman–Crippen MR) is 59.5 cm³/mol. The lowest BCUT2D eigenvalue weighted by atomic mass is 10.0. The summed E-state index contributed by atoms with van der Waals surface area (Å²) in [7, 11) is 0. The summed E-state index contributed by atoms with van der Waals surface area (Å²) >= 11 is 1.26. The zero-order valence-corrected chi connectivity index (χ0v) is 10.2. The summed E-state index contributed by atoms with van der Waals surface area (Å²) in [5.74, 6) is -3.31. The van der Waals surface area contributed by atoms with Crippen molar-refractivity contribution in [2.45, 2.75) is 36.4 Å². The third-order valence-corrected chi connectivity index (χ3v) is 4.84. The monoisotopic (exact) mass is 259 g/mol. The number of nitrogens with zero attached hydrogens (tertiary/aromatic N) is 1. The van der Waals surface area contributed by atoms with E-state index in [0.29, 0.717) is 0 Å². The number of carbonyl (C=O) groups is 3. The van der Waals surface area contributed by atoms with Gasteiger partial charge >= 0.3 is 11.9 Å². The lowest BCUT2D eigenvalue weighted by Crippen LogP contribution is -2.48. The number of amides is 1. The highest BCUT2D eigenvalue weighted by Gasteiger charge is 2.60. The molecule has 7 heteroatoms. The molecule has 2 aliphatic rings. The zero-order chi connectivity index (χ0) is 13.0. The molecule has 17 heavy (non-hydrogen) atoms. The number of aliphatic carboxylic acids is 2. The van der Waals surface area contributed by atoms with Crippen LogP contribution in [0.5, 0.6) is 0 Å². The lowest BCUT2D eigenvalue weighted by molar-refractivity contribution is -0.149. The van der Waals surface area contributed by atoms with E-state index in [-0.39, 0.29) is 12.3 Å². The van der Waals surface area contributed by atoms with Gasteiger partial charge in [0.05, 0.1) is 11.3 Å². The van der Waals surface area contributed by atoms with E-state index in [1.165, 1.54) is 16.7 Å². The Hall–Kier alpha value is -1.24. The Morgan fingerprint density at radius 2 is 1.94 bits per heavy atom. The Kier molecular flexibility index (Phi) is 2.61. The summed E-state index contributed by atoms with van der Waals surface area (Å²) in [4.78, 5) is 35.3. The SMILES string of the molecule is CC1(C)S[C@@H]2[C@@H](C(=O)O)CC(=O)N2C1C(=O)O. The van der Waals surface area contributed by atoms with Gasteiger partial charge < -0.3 is 15.1 Å². The van der Waals surface area contributed by atoms with Crippen LogP contribution in [0.4, 0.5) is 0 Å². The molecule has 0 aliphatic carbocycles. The van der Waals surface area contributed by atoms with E-state index in [1.54, 1.807) is 13.8 Å². The molecule has 0 saturated carbocycles. The minimum absolute atomic E-state index is 0.104. The van der Waals surface area contributed by atoms with Gasteiger partial charge in [0.15, 0.2) is 0 Å². The average molecular weight is 259 g/mol. The average Bonchev–Trinajstić information content (AvgIpc) is 2.59. The molecule has 0 aromatic heterocycles. The normalized spacial score (nSPS) is 34.8. The van der Waals surface area contributed by atoms with Gasteiger partial charge in [-0.15, -0.1) is 11.8 Å². The highest BCUT2D eigenvalue weighted by Crippen LogP contribution is 2.51. The molecule has 2 saturated heterocycles. The maximum Gasteiger partial charge on any atom is 0.327 e. The van der Waals surface area contributed by atoms with E-state index in [4.69, 9.17) is 5.11 Å². The second kappa shape index (κ2) is 3.63. The van der Waals surface area contributed by atoms with Crippen molar-refractivity contribution in [1.29, 1.82) is 0 Å². The van der Waals surface area contributed by atoms with Crippen molar-refractivity contribution in [3.63, 3.8) is 0 Å². The Labute approximate surface area is 102 Å². The summed E-state index contributed by atoms with van der Waals surface area (Å²) in [5, 5.41) is 17.7. The number of thioether (sulfide) groups is 1. The Bertz CT molecular complexity index is 408. The van der Waals surface area contributed by atoms with E-state index in [2.05, 4.69) is 0 Å². The van der Waals surface area contributed by atoms with Crippen molar-refractivity contribution in [2.24, 2.45) is 5.92 Å². The highest BCUT2D eigenvalue weighted by atomic mass is 32.2. The van der Waals surface area contributed by atoms with E-state index in [1.807, 2.05) is 0 Å². The smallest absolute Gasteiger partial charge is 0.327 e. The first kappa shape index (κ1) is 12.2. The van der Waals surface area contributed by atoms with Crippen LogP contribution in [0.25, 0.3) is 0 Å². The molecule has 1 amide bonds. The fourth-order valence-corrected chi connectivity index (χ4v) is 4.19. The summed E-state index contributed by atoms with van der Waals surface area (Å²) in [6.45, 7) is 3.45. The molecule has 2 fully saturated rings. The fourth-order valence-electron chi connectivity index (χ4n) is 2.50. The van der Waals surface area contributed by atoms with Gasteiger partial charge in [-0.1, -0.05) is 0 Å². The van der Waals surface area contributed by atoms with E-state index < -0.39 is 34.0 Å². The van der Waals surface area contributed by atoms with E-state index in [9.17, 15) is 19.5 Å². The van der Waals surface area contributed by atoms with Gasteiger partial charge in [0, 0.05) is 11.2 Å². The number of carbonyl (C=O) groups excluding carboxylic acids is 1. The van der Waals surface area contributed by atoms with Crippen LogP contribution < -0.4 is 0 Å². The second-order valence-corrected chi connectivity index (χ2v) is 6.57. The molecule has 2 heterocycles. The van der Waals surface area contributed by atoms with Crippen LogP contribution in [0.1, 0.15) is 20.3 Å². The lowest BCUT2D eigenvalue weighted by Gasteiger charge is -2.26. The molecule has 0 aromatic rings. The van der Waals surface area contributed by atoms with Crippen LogP contribution in [-0.4, -0.2) is 49.1 Å². The Morgan fingerprint density at radius 1 is 1.35 bits per heavy atom. The van der Waals surface area contributed by atoms with Gasteiger partial charge in [-0.25, -0.2) is 4.79 Å². The van der Waals surface area contributed by atoms with Crippen LogP contribution in [-0.2, 0) is 14.4 Å². The van der Waals surface area contributed by atoms with Gasteiger partial charge in [0.25, 0.3) is 0 Å². The zero-order valence-electron chi connectivity index (χ0n) is 9.41. The third-order valence-electron chi connectivity index (χ3n) is 3.21. The molecule has 94 valence electrons. The molecule has 0 spiro atoms. The van der Waals surface area contributed by atoms with Crippen molar-refractivity contribution in [2.75, 3.05) is 0 Å². The number of carboxylic acid groups (broad SMARTS) is 2. The second-order valence-electron chi connectivity index (χ2n) is 4.80. The van der Waals surface area contributed by atoms with Crippen molar-refractivity contribution in [3.8, 4) is 0 Å². The first-order chi connectivity index (χ1) is 7.75. The van der Waals surface area contributed by atoms with Crippen molar-refractivity contribution in [3.05, 3.63) is 0 Å². The Morgan fingerprint density at radius 3 is 2.41 bits per heavy atom. The molecule has 2 rings (SSSR count). The number of hydrogen-bond acceptors (Lipinski definition) is 4. The van der Waals surface area contributed by atoms with Crippen LogP contribution in [0.3, 0.4) is 0 Å². The van der Waals surface area contributed by atoms with Gasteiger partial charge in [-0.05, 0) is 13.8 Å². The number of fused-ring (bicyclic) bond motifs is 1. The molecular weight excluding hydrogens is 246 g/mol. The first-order valence-electron chi connectivity index (χ1n) is 5.20. The minimum atomic E-state index is -1.08. The molecule has 0 aromatic carbocycles. The van der Waals surface area contributed by atoms with Crippen molar-refractivity contribution < 1.29 is 24.6 Å². The third kappa shape index (κ3) is 1.69. The topological polar surface area (TPSA) is 94.9 Å². The number of carboxylic acids is 2. The number of hydrogen-bond donors (Lipinski definition) is 2. The molecule has 2 N–H and O–H groups in total. The maximum atomic E-state index is 11.8. The fraction of sp³-hybridized carbons (Fsp3) is 0.700.